The average molecular weight is 275 g/mol. The number of carbonyl (C=O) groups excluding carboxylic acids is 1. The Morgan fingerprint density at radius 3 is 2.85 bits per heavy atom. The SMILES string of the molecule is CC(C)(C)OC(=O)CNc1cc(-c2ccco2)ncn1. The number of furan rings is 1. The Hall–Kier alpha value is -2.37. The van der Waals surface area contributed by atoms with Gasteiger partial charge < -0.3 is 14.5 Å². The van der Waals surface area contributed by atoms with E-state index in [1.54, 1.807) is 24.5 Å². The molecule has 0 bridgehead atoms. The second-order valence-corrected chi connectivity index (χ2v) is 5.21. The summed E-state index contributed by atoms with van der Waals surface area (Å²) in [5.74, 6) is 0.848. The van der Waals surface area contributed by atoms with Crippen LogP contribution in [0.15, 0.2) is 35.2 Å². The Morgan fingerprint density at radius 2 is 2.20 bits per heavy atom. The molecule has 0 saturated carbocycles. The van der Waals surface area contributed by atoms with E-state index in [0.29, 0.717) is 17.3 Å². The zero-order valence-corrected chi connectivity index (χ0v) is 11.7. The quantitative estimate of drug-likeness (QED) is 0.864. The Balaban J connectivity index is 1.97. The van der Waals surface area contributed by atoms with Gasteiger partial charge in [0, 0.05) is 6.07 Å². The fourth-order valence-electron chi connectivity index (χ4n) is 1.55. The van der Waals surface area contributed by atoms with E-state index in [1.165, 1.54) is 6.33 Å². The van der Waals surface area contributed by atoms with Gasteiger partial charge in [0.1, 0.15) is 30.0 Å². The van der Waals surface area contributed by atoms with Crippen molar-refractivity contribution in [2.24, 2.45) is 0 Å². The summed E-state index contributed by atoms with van der Waals surface area (Å²) in [6.07, 6.45) is 2.99. The maximum absolute atomic E-state index is 11.6. The van der Waals surface area contributed by atoms with Crippen LogP contribution < -0.4 is 5.32 Å². The van der Waals surface area contributed by atoms with E-state index in [-0.39, 0.29) is 12.5 Å². The van der Waals surface area contributed by atoms with Gasteiger partial charge in [-0.3, -0.25) is 4.79 Å². The molecule has 0 spiro atoms. The van der Waals surface area contributed by atoms with Crippen LogP contribution in [-0.2, 0) is 9.53 Å². The molecule has 0 fully saturated rings. The highest BCUT2D eigenvalue weighted by atomic mass is 16.6. The highest BCUT2D eigenvalue weighted by Crippen LogP contribution is 2.18. The van der Waals surface area contributed by atoms with E-state index in [4.69, 9.17) is 9.15 Å². The molecular weight excluding hydrogens is 258 g/mol. The summed E-state index contributed by atoms with van der Waals surface area (Å²) in [6, 6.07) is 5.30. The summed E-state index contributed by atoms with van der Waals surface area (Å²) >= 11 is 0. The first-order valence-corrected chi connectivity index (χ1v) is 6.26. The summed E-state index contributed by atoms with van der Waals surface area (Å²) in [7, 11) is 0. The third-order valence-electron chi connectivity index (χ3n) is 2.27. The molecule has 20 heavy (non-hydrogen) atoms. The van der Waals surface area contributed by atoms with Gasteiger partial charge in [0.25, 0.3) is 0 Å². The van der Waals surface area contributed by atoms with Crippen LogP contribution in [0.25, 0.3) is 11.5 Å². The molecule has 106 valence electrons. The molecule has 2 aromatic heterocycles. The molecule has 0 atom stereocenters. The Bertz CT molecular complexity index is 574. The van der Waals surface area contributed by atoms with Crippen molar-refractivity contribution in [3.8, 4) is 11.5 Å². The van der Waals surface area contributed by atoms with E-state index in [1.807, 2.05) is 20.8 Å². The number of aromatic nitrogens is 2. The monoisotopic (exact) mass is 275 g/mol. The van der Waals surface area contributed by atoms with Crippen LogP contribution in [0.3, 0.4) is 0 Å². The Morgan fingerprint density at radius 1 is 1.40 bits per heavy atom. The molecule has 2 rings (SSSR count). The van der Waals surface area contributed by atoms with Crippen molar-refractivity contribution in [1.82, 2.24) is 9.97 Å². The van der Waals surface area contributed by atoms with Gasteiger partial charge in [-0.1, -0.05) is 0 Å². The largest absolute Gasteiger partial charge is 0.463 e. The third kappa shape index (κ3) is 4.08. The van der Waals surface area contributed by atoms with E-state index in [9.17, 15) is 4.79 Å². The van der Waals surface area contributed by atoms with Crippen molar-refractivity contribution in [2.75, 3.05) is 11.9 Å². The van der Waals surface area contributed by atoms with Crippen LogP contribution >= 0.6 is 0 Å². The first kappa shape index (κ1) is 14.0. The maximum atomic E-state index is 11.6. The minimum Gasteiger partial charge on any atom is -0.463 e. The number of nitrogens with zero attached hydrogens (tertiary/aromatic N) is 2. The second-order valence-electron chi connectivity index (χ2n) is 5.21. The molecule has 0 unspecified atom stereocenters. The summed E-state index contributed by atoms with van der Waals surface area (Å²) in [6.45, 7) is 5.52. The summed E-state index contributed by atoms with van der Waals surface area (Å²) in [5.41, 5.74) is 0.153. The minimum absolute atomic E-state index is 0.0475. The van der Waals surface area contributed by atoms with E-state index >= 15 is 0 Å². The second kappa shape index (κ2) is 5.73. The average Bonchev–Trinajstić information content (AvgIpc) is 2.88. The predicted molar refractivity (Wildman–Crippen MR) is 74.1 cm³/mol. The van der Waals surface area contributed by atoms with Crippen molar-refractivity contribution in [3.05, 3.63) is 30.8 Å². The number of nitrogens with one attached hydrogen (secondary N) is 1. The molecule has 0 saturated heterocycles. The third-order valence-corrected chi connectivity index (χ3v) is 2.27. The fourth-order valence-corrected chi connectivity index (χ4v) is 1.55. The zero-order valence-electron chi connectivity index (χ0n) is 11.7. The van der Waals surface area contributed by atoms with E-state index in [2.05, 4.69) is 15.3 Å². The molecule has 0 radical (unpaired) electrons. The van der Waals surface area contributed by atoms with Gasteiger partial charge in [-0.25, -0.2) is 9.97 Å². The van der Waals surface area contributed by atoms with Crippen molar-refractivity contribution >= 4 is 11.8 Å². The fraction of sp³-hybridized carbons (Fsp3) is 0.357. The first-order valence-electron chi connectivity index (χ1n) is 6.26. The number of hydrogen-bond donors (Lipinski definition) is 1. The minimum atomic E-state index is -0.496. The van der Waals surface area contributed by atoms with Crippen LogP contribution in [0, 0.1) is 0 Å². The van der Waals surface area contributed by atoms with Crippen molar-refractivity contribution < 1.29 is 13.9 Å². The lowest BCUT2D eigenvalue weighted by Gasteiger charge is -2.19. The topological polar surface area (TPSA) is 77.2 Å². The molecular formula is C14H17N3O3. The first-order chi connectivity index (χ1) is 9.44. The molecule has 6 heteroatoms. The molecule has 0 aliphatic carbocycles. The molecule has 6 nitrogen and oxygen atoms in total. The van der Waals surface area contributed by atoms with Crippen molar-refractivity contribution in [3.63, 3.8) is 0 Å². The van der Waals surface area contributed by atoms with Crippen LogP contribution in [0.1, 0.15) is 20.8 Å². The van der Waals surface area contributed by atoms with E-state index in [0.717, 1.165) is 0 Å². The van der Waals surface area contributed by atoms with Crippen LogP contribution in [-0.4, -0.2) is 28.1 Å². The van der Waals surface area contributed by atoms with Gasteiger partial charge in [-0.05, 0) is 32.9 Å². The van der Waals surface area contributed by atoms with Crippen LogP contribution in [0.5, 0.6) is 0 Å². The van der Waals surface area contributed by atoms with Gasteiger partial charge in [-0.15, -0.1) is 0 Å². The van der Waals surface area contributed by atoms with Crippen molar-refractivity contribution in [2.45, 2.75) is 26.4 Å². The molecule has 0 aromatic carbocycles. The smallest absolute Gasteiger partial charge is 0.325 e. The number of hydrogen-bond acceptors (Lipinski definition) is 6. The number of carbonyl (C=O) groups is 1. The molecule has 0 aliphatic heterocycles. The predicted octanol–water partition coefficient (Wildman–Crippen LogP) is 2.49. The number of esters is 1. The molecule has 1 N–H and O–H groups in total. The van der Waals surface area contributed by atoms with Gasteiger partial charge in [0.15, 0.2) is 5.76 Å². The highest BCUT2D eigenvalue weighted by molar-refractivity contribution is 5.75. The molecule has 0 amide bonds. The highest BCUT2D eigenvalue weighted by Gasteiger charge is 2.16. The number of ether oxygens (including phenoxy) is 1. The van der Waals surface area contributed by atoms with Gasteiger partial charge >= 0.3 is 5.97 Å². The lowest BCUT2D eigenvalue weighted by Crippen LogP contribution is -2.28. The maximum Gasteiger partial charge on any atom is 0.325 e. The Kier molecular flexibility index (Phi) is 4.02. The molecule has 2 heterocycles. The van der Waals surface area contributed by atoms with Crippen LogP contribution in [0.4, 0.5) is 5.82 Å². The summed E-state index contributed by atoms with van der Waals surface area (Å²) in [4.78, 5) is 19.8. The summed E-state index contributed by atoms with van der Waals surface area (Å²) in [5, 5.41) is 2.90. The van der Waals surface area contributed by atoms with Gasteiger partial charge in [0.2, 0.25) is 0 Å². The van der Waals surface area contributed by atoms with E-state index < -0.39 is 5.60 Å². The lowest BCUT2D eigenvalue weighted by atomic mass is 10.2. The number of anilines is 1. The normalized spacial score (nSPS) is 11.2. The molecule has 0 aliphatic rings. The van der Waals surface area contributed by atoms with Crippen molar-refractivity contribution in [1.29, 1.82) is 0 Å². The standard InChI is InChI=1S/C14H17N3O3/c1-14(2,3)20-13(18)8-15-12-7-10(16-9-17-12)11-5-4-6-19-11/h4-7,9H,8H2,1-3H3,(H,15,16,17). The number of rotatable bonds is 4. The molecule has 2 aromatic rings. The van der Waals surface area contributed by atoms with Gasteiger partial charge in [0.05, 0.1) is 6.26 Å². The lowest BCUT2D eigenvalue weighted by molar-refractivity contribution is -0.152. The zero-order chi connectivity index (χ0) is 14.6. The summed E-state index contributed by atoms with van der Waals surface area (Å²) < 4.78 is 10.5. The Labute approximate surface area is 117 Å². The van der Waals surface area contributed by atoms with Gasteiger partial charge in [-0.2, -0.15) is 0 Å². The van der Waals surface area contributed by atoms with Crippen LogP contribution in [0.2, 0.25) is 0 Å².